The van der Waals surface area contributed by atoms with Gasteiger partial charge in [0.2, 0.25) is 0 Å². The van der Waals surface area contributed by atoms with Crippen LogP contribution in [-0.2, 0) is 9.16 Å². The quantitative estimate of drug-likeness (QED) is 0.675. The number of amides is 1. The number of ether oxygens (including phenoxy) is 1. The van der Waals surface area contributed by atoms with Crippen molar-refractivity contribution in [1.29, 1.82) is 0 Å². The zero-order valence-electron chi connectivity index (χ0n) is 16.9. The van der Waals surface area contributed by atoms with Crippen molar-refractivity contribution in [3.8, 4) is 0 Å². The van der Waals surface area contributed by atoms with E-state index in [0.29, 0.717) is 13.2 Å². The molecule has 1 aliphatic rings. The third kappa shape index (κ3) is 5.72. The Bertz CT molecular complexity index is 431. The molecule has 3 atom stereocenters. The Morgan fingerprint density at radius 2 is 1.71 bits per heavy atom. The smallest absolute Gasteiger partial charge is 0.410 e. The van der Waals surface area contributed by atoms with Crippen molar-refractivity contribution < 1.29 is 18.3 Å². The molecule has 0 spiro atoms. The molecule has 0 aromatic carbocycles. The summed E-state index contributed by atoms with van der Waals surface area (Å²) in [5.74, 6) is -0.121. The van der Waals surface area contributed by atoms with Crippen molar-refractivity contribution in [2.45, 2.75) is 78.4 Å². The van der Waals surface area contributed by atoms with E-state index in [-0.39, 0.29) is 23.4 Å². The van der Waals surface area contributed by atoms with Gasteiger partial charge in [-0.15, -0.1) is 0 Å². The molecular formula is C18H36FNO3Si. The monoisotopic (exact) mass is 361 g/mol. The molecule has 24 heavy (non-hydrogen) atoms. The highest BCUT2D eigenvalue weighted by atomic mass is 28.4. The van der Waals surface area contributed by atoms with Crippen LogP contribution in [0.5, 0.6) is 0 Å². The van der Waals surface area contributed by atoms with Gasteiger partial charge in [-0.1, -0.05) is 27.7 Å². The summed E-state index contributed by atoms with van der Waals surface area (Å²) < 4.78 is 26.3. The van der Waals surface area contributed by atoms with E-state index in [9.17, 15) is 9.18 Å². The summed E-state index contributed by atoms with van der Waals surface area (Å²) in [6.07, 6.45) is -1.51. The molecule has 0 saturated carbocycles. The van der Waals surface area contributed by atoms with Gasteiger partial charge in [0.05, 0.1) is 6.54 Å². The number of nitrogens with zero attached hydrogens (tertiary/aromatic N) is 1. The van der Waals surface area contributed by atoms with Crippen molar-refractivity contribution >= 4 is 14.4 Å². The van der Waals surface area contributed by atoms with Crippen LogP contribution in [-0.4, -0.2) is 50.8 Å². The normalized spacial score (nSPS) is 26.4. The van der Waals surface area contributed by atoms with Crippen molar-refractivity contribution in [2.75, 3.05) is 19.7 Å². The third-order valence-electron chi connectivity index (χ3n) is 5.19. The van der Waals surface area contributed by atoms with Crippen molar-refractivity contribution in [3.05, 3.63) is 0 Å². The summed E-state index contributed by atoms with van der Waals surface area (Å²) in [6.45, 7) is 19.4. The zero-order chi connectivity index (χ0) is 18.9. The van der Waals surface area contributed by atoms with Crippen LogP contribution in [0, 0.1) is 11.8 Å². The van der Waals surface area contributed by atoms with Gasteiger partial charge in [-0.05, 0) is 44.8 Å². The van der Waals surface area contributed by atoms with E-state index in [4.69, 9.17) is 9.16 Å². The lowest BCUT2D eigenvalue weighted by Crippen LogP contribution is -2.53. The fourth-order valence-corrected chi connectivity index (χ4v) is 3.57. The Morgan fingerprint density at radius 3 is 2.12 bits per heavy atom. The first kappa shape index (κ1) is 21.4. The maximum Gasteiger partial charge on any atom is 0.410 e. The lowest BCUT2D eigenvalue weighted by molar-refractivity contribution is -0.0165. The molecule has 1 aliphatic heterocycles. The van der Waals surface area contributed by atoms with Crippen LogP contribution >= 0.6 is 0 Å². The number of hydrogen-bond acceptors (Lipinski definition) is 3. The highest BCUT2D eigenvalue weighted by molar-refractivity contribution is 6.74. The Balaban J connectivity index is 2.65. The van der Waals surface area contributed by atoms with E-state index in [2.05, 4.69) is 33.9 Å². The number of halogens is 1. The lowest BCUT2D eigenvalue weighted by Gasteiger charge is -2.42. The largest absolute Gasteiger partial charge is 0.444 e. The van der Waals surface area contributed by atoms with Gasteiger partial charge in [-0.2, -0.15) is 0 Å². The summed E-state index contributed by atoms with van der Waals surface area (Å²) in [4.78, 5) is 13.7. The first-order chi connectivity index (χ1) is 10.6. The standard InChI is InChI=1S/C18H36FNO3Si/c1-13-10-20(16(21)23-17(2,3)4)11-15(19)14(13)12-22-24(8,9)18(5,6)7/h13-15H,10-12H2,1-9H3/t13-,14-,15+/m1/s1. The Hall–Kier alpha value is -0.623. The molecule has 0 radical (unpaired) electrons. The van der Waals surface area contributed by atoms with Gasteiger partial charge in [0.15, 0.2) is 8.32 Å². The van der Waals surface area contributed by atoms with Crippen LogP contribution in [0.15, 0.2) is 0 Å². The molecule has 0 unspecified atom stereocenters. The molecular weight excluding hydrogens is 325 g/mol. The summed E-state index contributed by atoms with van der Waals surface area (Å²) in [6, 6.07) is 0. The summed E-state index contributed by atoms with van der Waals surface area (Å²) >= 11 is 0. The zero-order valence-corrected chi connectivity index (χ0v) is 17.9. The topological polar surface area (TPSA) is 38.8 Å². The molecule has 1 amide bonds. The summed E-state index contributed by atoms with van der Waals surface area (Å²) in [5.41, 5.74) is -0.561. The minimum Gasteiger partial charge on any atom is -0.444 e. The minimum atomic E-state index is -1.89. The van der Waals surface area contributed by atoms with E-state index >= 15 is 0 Å². The van der Waals surface area contributed by atoms with Gasteiger partial charge in [0.25, 0.3) is 0 Å². The average molecular weight is 362 g/mol. The van der Waals surface area contributed by atoms with Gasteiger partial charge in [0, 0.05) is 19.1 Å². The predicted octanol–water partition coefficient (Wildman–Crippen LogP) is 4.85. The minimum absolute atomic E-state index is 0.0473. The Morgan fingerprint density at radius 1 is 1.17 bits per heavy atom. The average Bonchev–Trinajstić information content (AvgIpc) is 2.33. The molecule has 1 fully saturated rings. The van der Waals surface area contributed by atoms with Gasteiger partial charge in [0.1, 0.15) is 11.8 Å². The Kier molecular flexibility index (Phi) is 6.53. The van der Waals surface area contributed by atoms with E-state index in [0.717, 1.165) is 0 Å². The van der Waals surface area contributed by atoms with Gasteiger partial charge >= 0.3 is 6.09 Å². The first-order valence-electron chi connectivity index (χ1n) is 8.90. The van der Waals surface area contributed by atoms with E-state index < -0.39 is 26.2 Å². The number of rotatable bonds is 3. The molecule has 1 rings (SSSR count). The number of carbonyl (C=O) groups is 1. The molecule has 0 aromatic heterocycles. The number of hydrogen-bond donors (Lipinski definition) is 0. The van der Waals surface area contributed by atoms with Gasteiger partial charge in [-0.3, -0.25) is 0 Å². The van der Waals surface area contributed by atoms with Gasteiger partial charge in [-0.25, -0.2) is 9.18 Å². The highest BCUT2D eigenvalue weighted by Crippen LogP contribution is 2.38. The van der Waals surface area contributed by atoms with E-state index in [1.54, 1.807) is 0 Å². The molecule has 1 heterocycles. The maximum atomic E-state index is 14.7. The highest BCUT2D eigenvalue weighted by Gasteiger charge is 2.42. The number of piperidine rings is 1. The van der Waals surface area contributed by atoms with Gasteiger partial charge < -0.3 is 14.1 Å². The lowest BCUT2D eigenvalue weighted by atomic mass is 9.86. The molecule has 0 aliphatic carbocycles. The predicted molar refractivity (Wildman–Crippen MR) is 98.5 cm³/mol. The van der Waals surface area contributed by atoms with Crippen molar-refractivity contribution in [1.82, 2.24) is 4.90 Å². The van der Waals surface area contributed by atoms with Crippen LogP contribution in [0.1, 0.15) is 48.5 Å². The molecule has 0 N–H and O–H groups in total. The van der Waals surface area contributed by atoms with Crippen molar-refractivity contribution in [3.63, 3.8) is 0 Å². The molecule has 0 bridgehead atoms. The SMILES string of the molecule is C[C@@H]1CN(C(=O)OC(C)(C)C)C[C@H](F)[C@@H]1CO[Si](C)(C)C(C)(C)C. The Labute approximate surface area is 148 Å². The van der Waals surface area contributed by atoms with Crippen LogP contribution in [0.4, 0.5) is 9.18 Å². The molecule has 142 valence electrons. The molecule has 6 heteroatoms. The summed E-state index contributed by atoms with van der Waals surface area (Å²) in [5, 5.41) is 0.110. The fraction of sp³-hybridized carbons (Fsp3) is 0.944. The number of carbonyl (C=O) groups excluding carboxylic acids is 1. The third-order valence-corrected chi connectivity index (χ3v) is 9.69. The first-order valence-corrected chi connectivity index (χ1v) is 11.8. The molecule has 4 nitrogen and oxygen atoms in total. The second kappa shape index (κ2) is 7.32. The van der Waals surface area contributed by atoms with E-state index in [1.807, 2.05) is 27.7 Å². The van der Waals surface area contributed by atoms with Crippen LogP contribution in [0.2, 0.25) is 18.1 Å². The van der Waals surface area contributed by atoms with E-state index in [1.165, 1.54) is 4.90 Å². The van der Waals surface area contributed by atoms with Crippen LogP contribution in [0.25, 0.3) is 0 Å². The van der Waals surface area contributed by atoms with Crippen molar-refractivity contribution in [2.24, 2.45) is 11.8 Å². The fourth-order valence-electron chi connectivity index (χ4n) is 2.53. The van der Waals surface area contributed by atoms with Crippen LogP contribution in [0.3, 0.4) is 0 Å². The second-order valence-electron chi connectivity index (χ2n) is 9.61. The van der Waals surface area contributed by atoms with Crippen LogP contribution < -0.4 is 0 Å². The number of alkyl halides is 1. The maximum absolute atomic E-state index is 14.7. The summed E-state index contributed by atoms with van der Waals surface area (Å²) in [7, 11) is -1.89. The number of likely N-dealkylation sites (tertiary alicyclic amines) is 1. The molecule has 0 aromatic rings. The second-order valence-corrected chi connectivity index (χ2v) is 14.4. The molecule has 1 saturated heterocycles.